The molecule has 172 valence electrons. The van der Waals surface area contributed by atoms with Gasteiger partial charge in [-0.15, -0.1) is 0 Å². The topological polar surface area (TPSA) is 105 Å². The van der Waals surface area contributed by atoms with Gasteiger partial charge >= 0.3 is 6.18 Å². The Labute approximate surface area is 185 Å². The molecule has 3 heterocycles. The van der Waals surface area contributed by atoms with E-state index in [2.05, 4.69) is 10.6 Å². The second kappa shape index (κ2) is 8.85. The number of nitrogens with one attached hydrogen (secondary N) is 2. The van der Waals surface area contributed by atoms with Gasteiger partial charge in [0.05, 0.1) is 36.2 Å². The van der Waals surface area contributed by atoms with E-state index in [9.17, 15) is 27.6 Å². The Bertz CT molecular complexity index is 1160. The Balaban J connectivity index is 1.47. The van der Waals surface area contributed by atoms with Crippen LogP contribution in [0.25, 0.3) is 0 Å². The van der Waals surface area contributed by atoms with Crippen molar-refractivity contribution >= 4 is 29.1 Å². The second-order valence-electron chi connectivity index (χ2n) is 7.43. The van der Waals surface area contributed by atoms with Crippen LogP contribution in [0.3, 0.4) is 0 Å². The fourth-order valence-electron chi connectivity index (χ4n) is 3.49. The van der Waals surface area contributed by atoms with Crippen molar-refractivity contribution in [2.24, 2.45) is 5.92 Å². The Morgan fingerprint density at radius 1 is 1.06 bits per heavy atom. The quantitative estimate of drug-likeness (QED) is 0.574. The molecule has 11 heteroatoms. The maximum atomic E-state index is 13.6. The van der Waals surface area contributed by atoms with Crippen LogP contribution in [0.5, 0.6) is 0 Å². The van der Waals surface area contributed by atoms with Gasteiger partial charge in [-0.25, -0.2) is 0 Å². The van der Waals surface area contributed by atoms with E-state index in [1.165, 1.54) is 35.6 Å². The van der Waals surface area contributed by atoms with Crippen molar-refractivity contribution in [3.05, 3.63) is 72.1 Å². The Morgan fingerprint density at radius 3 is 2.48 bits per heavy atom. The molecule has 1 aliphatic heterocycles. The number of rotatable bonds is 6. The number of hydrogen-bond donors (Lipinski definition) is 2. The molecule has 3 amide bonds. The van der Waals surface area contributed by atoms with Gasteiger partial charge in [-0.05, 0) is 42.5 Å². The fraction of sp³-hybridized carbons (Fsp3) is 0.227. The van der Waals surface area contributed by atoms with Crippen LogP contribution in [0.15, 0.2) is 63.8 Å². The van der Waals surface area contributed by atoms with Gasteiger partial charge in [0.25, 0.3) is 5.91 Å². The lowest BCUT2D eigenvalue weighted by molar-refractivity contribution is -0.137. The Kier molecular flexibility index (Phi) is 5.95. The Morgan fingerprint density at radius 2 is 1.82 bits per heavy atom. The summed E-state index contributed by atoms with van der Waals surface area (Å²) in [6.45, 7) is 0.234. The van der Waals surface area contributed by atoms with E-state index in [0.29, 0.717) is 5.76 Å². The summed E-state index contributed by atoms with van der Waals surface area (Å²) in [5.41, 5.74) is -1.73. The van der Waals surface area contributed by atoms with Crippen molar-refractivity contribution in [2.45, 2.75) is 19.1 Å². The number of furan rings is 2. The third-order valence-electron chi connectivity index (χ3n) is 5.10. The largest absolute Gasteiger partial charge is 0.467 e. The first-order valence-corrected chi connectivity index (χ1v) is 9.88. The molecule has 0 radical (unpaired) electrons. The minimum atomic E-state index is -4.80. The molecule has 0 aliphatic carbocycles. The molecule has 2 aromatic heterocycles. The third kappa shape index (κ3) is 5.08. The number of amides is 3. The number of carbonyl (C=O) groups is 3. The lowest BCUT2D eigenvalue weighted by atomic mass is 10.1. The van der Waals surface area contributed by atoms with E-state index in [4.69, 9.17) is 8.83 Å². The average Bonchev–Trinajstić information content (AvgIpc) is 3.52. The molecular formula is C22H18F3N3O5. The summed E-state index contributed by atoms with van der Waals surface area (Å²) >= 11 is 0. The maximum absolute atomic E-state index is 13.6. The van der Waals surface area contributed by atoms with Gasteiger partial charge in [-0.2, -0.15) is 13.2 Å². The molecule has 1 fully saturated rings. The highest BCUT2D eigenvalue weighted by molar-refractivity contribution is 6.03. The maximum Gasteiger partial charge on any atom is 0.418 e. The van der Waals surface area contributed by atoms with Crippen LogP contribution in [0, 0.1) is 5.92 Å². The minimum absolute atomic E-state index is 0.0595. The molecule has 3 aromatic rings. The van der Waals surface area contributed by atoms with E-state index in [1.54, 1.807) is 12.1 Å². The first-order chi connectivity index (χ1) is 15.7. The van der Waals surface area contributed by atoms with Crippen LogP contribution < -0.4 is 10.6 Å². The summed E-state index contributed by atoms with van der Waals surface area (Å²) in [5.74, 6) is -2.05. The predicted molar refractivity (Wildman–Crippen MR) is 109 cm³/mol. The van der Waals surface area contributed by atoms with Crippen LogP contribution in [0.2, 0.25) is 0 Å². The van der Waals surface area contributed by atoms with Gasteiger partial charge in [0.1, 0.15) is 5.76 Å². The normalized spacial score (nSPS) is 16.2. The molecule has 1 atom stereocenters. The SMILES string of the molecule is O=C(Nc1ccc(NC(=O)C2CC(=O)N(Cc3ccco3)C2)c(C(F)(F)F)c1)c1ccco1. The van der Waals surface area contributed by atoms with E-state index < -0.39 is 35.2 Å². The Hall–Kier alpha value is -4.02. The third-order valence-corrected chi connectivity index (χ3v) is 5.10. The highest BCUT2D eigenvalue weighted by Gasteiger charge is 2.38. The summed E-state index contributed by atoms with van der Waals surface area (Å²) in [6, 6.07) is 9.19. The first kappa shape index (κ1) is 22.2. The number of anilines is 2. The van der Waals surface area contributed by atoms with Crippen molar-refractivity contribution in [3.63, 3.8) is 0 Å². The van der Waals surface area contributed by atoms with Crippen LogP contribution in [0.4, 0.5) is 24.5 Å². The van der Waals surface area contributed by atoms with Gasteiger partial charge in [-0.3, -0.25) is 14.4 Å². The lowest BCUT2D eigenvalue weighted by Crippen LogP contribution is -2.28. The molecule has 1 aromatic carbocycles. The molecular weight excluding hydrogens is 443 g/mol. The number of alkyl halides is 3. The molecule has 33 heavy (non-hydrogen) atoms. The molecule has 0 bridgehead atoms. The molecule has 4 rings (SSSR count). The zero-order valence-corrected chi connectivity index (χ0v) is 17.0. The van der Waals surface area contributed by atoms with Crippen molar-refractivity contribution in [3.8, 4) is 0 Å². The van der Waals surface area contributed by atoms with Gasteiger partial charge in [0.15, 0.2) is 5.76 Å². The van der Waals surface area contributed by atoms with Crippen molar-refractivity contribution in [2.75, 3.05) is 17.2 Å². The monoisotopic (exact) mass is 461 g/mol. The van der Waals surface area contributed by atoms with Gasteiger partial charge < -0.3 is 24.4 Å². The number of nitrogens with zero attached hydrogens (tertiary/aromatic N) is 1. The zero-order chi connectivity index (χ0) is 23.6. The summed E-state index contributed by atoms with van der Waals surface area (Å²) in [4.78, 5) is 38.3. The van der Waals surface area contributed by atoms with Crippen LogP contribution >= 0.6 is 0 Å². The van der Waals surface area contributed by atoms with E-state index in [1.807, 2.05) is 0 Å². The number of hydrogen-bond acceptors (Lipinski definition) is 5. The average molecular weight is 461 g/mol. The van der Waals surface area contributed by atoms with Crippen LogP contribution in [-0.4, -0.2) is 29.2 Å². The minimum Gasteiger partial charge on any atom is -0.467 e. The van der Waals surface area contributed by atoms with Crippen molar-refractivity contribution in [1.29, 1.82) is 0 Å². The fourth-order valence-corrected chi connectivity index (χ4v) is 3.49. The van der Waals surface area contributed by atoms with Crippen LogP contribution in [0.1, 0.15) is 28.3 Å². The smallest absolute Gasteiger partial charge is 0.418 e. The standard InChI is InChI=1S/C22H18F3N3O5/c23-22(24,25)16-10-14(26-21(31)18-4-2-8-33-18)5-6-17(16)27-20(30)13-9-19(29)28(11-13)12-15-3-1-7-32-15/h1-8,10,13H,9,11-12H2,(H,26,31)(H,27,30). The second-order valence-corrected chi connectivity index (χ2v) is 7.43. The van der Waals surface area contributed by atoms with Crippen molar-refractivity contribution < 1.29 is 36.4 Å². The molecule has 0 spiro atoms. The molecule has 2 N–H and O–H groups in total. The van der Waals surface area contributed by atoms with E-state index >= 15 is 0 Å². The molecule has 1 saturated heterocycles. The predicted octanol–water partition coefficient (Wildman–Crippen LogP) is 4.13. The molecule has 1 aliphatic rings. The zero-order valence-electron chi connectivity index (χ0n) is 17.0. The summed E-state index contributed by atoms with van der Waals surface area (Å²) in [6.07, 6.45) is -2.20. The highest BCUT2D eigenvalue weighted by Crippen LogP contribution is 2.37. The molecule has 1 unspecified atom stereocenters. The number of carbonyl (C=O) groups excluding carboxylic acids is 3. The van der Waals surface area contributed by atoms with E-state index in [0.717, 1.165) is 12.1 Å². The summed E-state index contributed by atoms with van der Waals surface area (Å²) < 4.78 is 51.1. The first-order valence-electron chi connectivity index (χ1n) is 9.88. The van der Waals surface area contributed by atoms with Gasteiger partial charge in [0.2, 0.25) is 11.8 Å². The van der Waals surface area contributed by atoms with Crippen molar-refractivity contribution in [1.82, 2.24) is 4.90 Å². The molecule has 0 saturated carbocycles. The lowest BCUT2D eigenvalue weighted by Gasteiger charge is -2.18. The van der Waals surface area contributed by atoms with Gasteiger partial charge in [-0.1, -0.05) is 0 Å². The highest BCUT2D eigenvalue weighted by atomic mass is 19.4. The molecule has 8 nitrogen and oxygen atoms in total. The van der Waals surface area contributed by atoms with Crippen LogP contribution in [-0.2, 0) is 22.3 Å². The van der Waals surface area contributed by atoms with E-state index in [-0.39, 0.29) is 36.9 Å². The van der Waals surface area contributed by atoms with Gasteiger partial charge in [0, 0.05) is 18.7 Å². The number of benzene rings is 1. The number of likely N-dealkylation sites (tertiary alicyclic amines) is 1. The summed E-state index contributed by atoms with van der Waals surface area (Å²) in [7, 11) is 0. The number of halogens is 3. The summed E-state index contributed by atoms with van der Waals surface area (Å²) in [5, 5.41) is 4.59.